The van der Waals surface area contributed by atoms with Crippen LogP contribution in [0.2, 0.25) is 5.02 Å². The summed E-state index contributed by atoms with van der Waals surface area (Å²) in [5, 5.41) is 14.6. The van der Waals surface area contributed by atoms with Crippen molar-refractivity contribution in [2.24, 2.45) is 0 Å². The van der Waals surface area contributed by atoms with Crippen molar-refractivity contribution in [3.05, 3.63) is 40.4 Å². The molecule has 1 atom stereocenters. The van der Waals surface area contributed by atoms with Gasteiger partial charge in [0.05, 0.1) is 18.5 Å². The molecule has 2 aromatic rings. The van der Waals surface area contributed by atoms with E-state index in [1.165, 1.54) is 11.3 Å². The Morgan fingerprint density at radius 1 is 1.36 bits per heavy atom. The second-order valence-electron chi connectivity index (χ2n) is 4.89. The number of carbonyl (C=O) groups is 2. The number of rotatable bonds is 6. The maximum Gasteiger partial charge on any atom is 0.305 e. The molecule has 116 valence electrons. The third-order valence-corrected chi connectivity index (χ3v) is 4.06. The van der Waals surface area contributed by atoms with E-state index in [1.54, 1.807) is 19.1 Å². The third kappa shape index (κ3) is 4.82. The molecule has 1 unspecified atom stereocenters. The Kier molecular flexibility index (Phi) is 5.51. The van der Waals surface area contributed by atoms with Gasteiger partial charge in [-0.15, -0.1) is 11.3 Å². The highest BCUT2D eigenvalue weighted by Gasteiger charge is 2.13. The summed E-state index contributed by atoms with van der Waals surface area (Å²) in [6.45, 7) is 1.66. The lowest BCUT2D eigenvalue weighted by Crippen LogP contribution is -2.35. The Bertz CT molecular complexity index is 670. The molecule has 22 heavy (non-hydrogen) atoms. The largest absolute Gasteiger partial charge is 0.481 e. The quantitative estimate of drug-likeness (QED) is 0.848. The number of carbonyl (C=O) groups excluding carboxylic acids is 1. The summed E-state index contributed by atoms with van der Waals surface area (Å²) in [6, 6.07) is 6.93. The highest BCUT2D eigenvalue weighted by atomic mass is 35.5. The molecule has 5 nitrogen and oxygen atoms in total. The Labute approximate surface area is 137 Å². The fourth-order valence-corrected chi connectivity index (χ4v) is 2.87. The summed E-state index contributed by atoms with van der Waals surface area (Å²) in [5.41, 5.74) is 1.61. The molecule has 2 N–H and O–H groups in total. The van der Waals surface area contributed by atoms with Gasteiger partial charge in [-0.1, -0.05) is 23.7 Å². The van der Waals surface area contributed by atoms with Crippen molar-refractivity contribution < 1.29 is 14.7 Å². The van der Waals surface area contributed by atoms with E-state index in [-0.39, 0.29) is 18.7 Å². The van der Waals surface area contributed by atoms with Gasteiger partial charge in [-0.2, -0.15) is 0 Å². The summed E-state index contributed by atoms with van der Waals surface area (Å²) in [7, 11) is 0. The van der Waals surface area contributed by atoms with E-state index in [0.717, 1.165) is 10.6 Å². The second kappa shape index (κ2) is 7.38. The van der Waals surface area contributed by atoms with Crippen LogP contribution in [0.25, 0.3) is 10.6 Å². The fourth-order valence-electron chi connectivity index (χ4n) is 1.92. The zero-order valence-corrected chi connectivity index (χ0v) is 13.4. The molecule has 1 heterocycles. The summed E-state index contributed by atoms with van der Waals surface area (Å²) >= 11 is 7.30. The van der Waals surface area contributed by atoms with E-state index < -0.39 is 12.0 Å². The van der Waals surface area contributed by atoms with Gasteiger partial charge in [-0.3, -0.25) is 9.59 Å². The van der Waals surface area contributed by atoms with Gasteiger partial charge in [0.1, 0.15) is 5.01 Å². The molecule has 1 aromatic heterocycles. The number of thiazole rings is 1. The average molecular weight is 339 g/mol. The highest BCUT2D eigenvalue weighted by molar-refractivity contribution is 7.13. The molecule has 0 aliphatic carbocycles. The first-order chi connectivity index (χ1) is 10.4. The van der Waals surface area contributed by atoms with Crippen molar-refractivity contribution in [2.45, 2.75) is 25.8 Å². The van der Waals surface area contributed by atoms with E-state index in [0.29, 0.717) is 10.7 Å². The van der Waals surface area contributed by atoms with Crippen LogP contribution in [-0.2, 0) is 16.0 Å². The number of nitrogens with zero attached hydrogens (tertiary/aromatic N) is 1. The first-order valence-electron chi connectivity index (χ1n) is 6.65. The van der Waals surface area contributed by atoms with Crippen molar-refractivity contribution >= 4 is 34.8 Å². The number of amides is 1. The zero-order valence-electron chi connectivity index (χ0n) is 11.9. The highest BCUT2D eigenvalue weighted by Crippen LogP contribution is 2.25. The van der Waals surface area contributed by atoms with Crippen molar-refractivity contribution in [2.75, 3.05) is 0 Å². The molecule has 1 aromatic carbocycles. The van der Waals surface area contributed by atoms with Gasteiger partial charge < -0.3 is 10.4 Å². The number of benzene rings is 1. The van der Waals surface area contributed by atoms with Crippen molar-refractivity contribution in [3.8, 4) is 10.6 Å². The van der Waals surface area contributed by atoms with Crippen molar-refractivity contribution in [1.29, 1.82) is 0 Å². The monoisotopic (exact) mass is 338 g/mol. The maximum atomic E-state index is 11.8. The maximum absolute atomic E-state index is 11.8. The molecular formula is C15H15ClN2O3S. The van der Waals surface area contributed by atoms with Crippen LogP contribution in [0.15, 0.2) is 29.6 Å². The lowest BCUT2D eigenvalue weighted by atomic mass is 10.2. The number of aliphatic carboxylic acids is 1. The normalized spacial score (nSPS) is 11.9. The smallest absolute Gasteiger partial charge is 0.305 e. The van der Waals surface area contributed by atoms with Gasteiger partial charge in [0.15, 0.2) is 0 Å². The van der Waals surface area contributed by atoms with E-state index >= 15 is 0 Å². The number of carboxylic acids is 1. The van der Waals surface area contributed by atoms with Gasteiger partial charge in [0, 0.05) is 22.0 Å². The van der Waals surface area contributed by atoms with Crippen LogP contribution in [0, 0.1) is 0 Å². The molecule has 0 spiro atoms. The van der Waals surface area contributed by atoms with Gasteiger partial charge in [0.2, 0.25) is 5.91 Å². The van der Waals surface area contributed by atoms with Crippen LogP contribution in [-0.4, -0.2) is 28.0 Å². The van der Waals surface area contributed by atoms with Gasteiger partial charge >= 0.3 is 5.97 Å². The predicted octanol–water partition coefficient (Wildman–Crippen LogP) is 2.99. The Hall–Kier alpha value is -1.92. The number of aromatic nitrogens is 1. The van der Waals surface area contributed by atoms with Crippen LogP contribution >= 0.6 is 22.9 Å². The topological polar surface area (TPSA) is 79.3 Å². The number of hydrogen-bond acceptors (Lipinski definition) is 4. The molecular weight excluding hydrogens is 324 g/mol. The Morgan fingerprint density at radius 2 is 2.05 bits per heavy atom. The number of halogens is 1. The molecule has 0 fully saturated rings. The minimum atomic E-state index is -0.938. The number of carboxylic acid groups (broad SMARTS) is 1. The van der Waals surface area contributed by atoms with Gasteiger partial charge in [0.25, 0.3) is 0 Å². The first kappa shape index (κ1) is 16.5. The van der Waals surface area contributed by atoms with Gasteiger partial charge in [-0.05, 0) is 19.1 Å². The Balaban J connectivity index is 1.95. The standard InChI is InChI=1S/C15H15ClN2O3S/c1-9(6-14(20)21)17-13(19)7-12-8-22-15(18-12)10-2-4-11(16)5-3-10/h2-5,8-9H,6-7H2,1H3,(H,17,19)(H,20,21). The minimum Gasteiger partial charge on any atom is -0.481 e. The summed E-state index contributed by atoms with van der Waals surface area (Å²) in [5.74, 6) is -1.17. The lowest BCUT2D eigenvalue weighted by Gasteiger charge is -2.10. The fraction of sp³-hybridized carbons (Fsp3) is 0.267. The predicted molar refractivity (Wildman–Crippen MR) is 86.1 cm³/mol. The SMILES string of the molecule is CC(CC(=O)O)NC(=O)Cc1csc(-c2ccc(Cl)cc2)n1. The van der Waals surface area contributed by atoms with Crippen LogP contribution in [0.3, 0.4) is 0 Å². The average Bonchev–Trinajstić information content (AvgIpc) is 2.86. The summed E-state index contributed by atoms with van der Waals surface area (Å²) in [6.07, 6.45) is 0.0346. The van der Waals surface area contributed by atoms with Crippen LogP contribution in [0.5, 0.6) is 0 Å². The summed E-state index contributed by atoms with van der Waals surface area (Å²) < 4.78 is 0. The molecule has 1 amide bonds. The molecule has 0 aliphatic heterocycles. The van der Waals surface area contributed by atoms with Crippen LogP contribution in [0.1, 0.15) is 19.0 Å². The van der Waals surface area contributed by atoms with Crippen LogP contribution in [0.4, 0.5) is 0 Å². The molecule has 0 saturated heterocycles. The number of hydrogen-bond donors (Lipinski definition) is 2. The molecule has 0 bridgehead atoms. The van der Waals surface area contributed by atoms with E-state index in [9.17, 15) is 9.59 Å². The molecule has 2 rings (SSSR count). The second-order valence-corrected chi connectivity index (χ2v) is 6.19. The van der Waals surface area contributed by atoms with Gasteiger partial charge in [-0.25, -0.2) is 4.98 Å². The summed E-state index contributed by atoms with van der Waals surface area (Å²) in [4.78, 5) is 26.8. The first-order valence-corrected chi connectivity index (χ1v) is 7.91. The molecule has 0 saturated carbocycles. The van der Waals surface area contributed by atoms with E-state index in [1.807, 2.05) is 17.5 Å². The third-order valence-electron chi connectivity index (χ3n) is 2.87. The van der Waals surface area contributed by atoms with E-state index in [4.69, 9.17) is 16.7 Å². The molecule has 7 heteroatoms. The minimum absolute atomic E-state index is 0.0984. The Morgan fingerprint density at radius 3 is 2.68 bits per heavy atom. The van der Waals surface area contributed by atoms with E-state index in [2.05, 4.69) is 10.3 Å². The number of nitrogens with one attached hydrogen (secondary N) is 1. The van der Waals surface area contributed by atoms with Crippen LogP contribution < -0.4 is 5.32 Å². The zero-order chi connectivity index (χ0) is 16.1. The molecule has 0 radical (unpaired) electrons. The van der Waals surface area contributed by atoms with Crippen molar-refractivity contribution in [1.82, 2.24) is 10.3 Å². The molecule has 0 aliphatic rings. The van der Waals surface area contributed by atoms with Crippen molar-refractivity contribution in [3.63, 3.8) is 0 Å². The lowest BCUT2D eigenvalue weighted by molar-refractivity contribution is -0.137.